The molecule has 0 saturated heterocycles. The van der Waals surface area contributed by atoms with Gasteiger partial charge in [0, 0.05) is 20.6 Å². The SMILES string of the molecule is CN(CC1CCC(O)(C(F)(F)F)CC1)C(=O)c1[nH]cnc1N(C)C=O. The smallest absolute Gasteiger partial charge is 0.380 e. The maximum Gasteiger partial charge on any atom is 0.417 e. The highest BCUT2D eigenvalue weighted by atomic mass is 19.4. The number of nitrogens with one attached hydrogen (secondary N) is 1. The monoisotopic (exact) mass is 362 g/mol. The van der Waals surface area contributed by atoms with Gasteiger partial charge in [-0.2, -0.15) is 13.2 Å². The highest BCUT2D eigenvalue weighted by Gasteiger charge is 2.54. The molecular formula is C15H21F3N4O3. The molecule has 1 aromatic heterocycles. The number of carbonyl (C=O) groups is 2. The Morgan fingerprint density at radius 3 is 2.56 bits per heavy atom. The van der Waals surface area contributed by atoms with Gasteiger partial charge < -0.3 is 19.9 Å². The predicted molar refractivity (Wildman–Crippen MR) is 83.0 cm³/mol. The van der Waals surface area contributed by atoms with Gasteiger partial charge in [-0.05, 0) is 31.6 Å². The van der Waals surface area contributed by atoms with Crippen molar-refractivity contribution >= 4 is 18.1 Å². The number of aromatic nitrogens is 2. The van der Waals surface area contributed by atoms with Gasteiger partial charge >= 0.3 is 6.18 Å². The quantitative estimate of drug-likeness (QED) is 0.778. The van der Waals surface area contributed by atoms with Gasteiger partial charge in [0.1, 0.15) is 5.69 Å². The van der Waals surface area contributed by atoms with Crippen molar-refractivity contribution in [1.82, 2.24) is 14.9 Å². The predicted octanol–water partition coefficient (Wildman–Crippen LogP) is 1.56. The molecule has 0 bridgehead atoms. The highest BCUT2D eigenvalue weighted by Crippen LogP contribution is 2.43. The first-order valence-corrected chi connectivity index (χ1v) is 7.85. The number of hydrogen-bond donors (Lipinski definition) is 2. The van der Waals surface area contributed by atoms with Gasteiger partial charge in [0.05, 0.1) is 6.33 Å². The molecule has 10 heteroatoms. The van der Waals surface area contributed by atoms with E-state index in [9.17, 15) is 27.9 Å². The highest BCUT2D eigenvalue weighted by molar-refractivity contribution is 5.98. The second kappa shape index (κ2) is 7.03. The zero-order valence-electron chi connectivity index (χ0n) is 14.0. The number of aliphatic hydroxyl groups is 1. The van der Waals surface area contributed by atoms with Crippen molar-refractivity contribution in [3.05, 3.63) is 12.0 Å². The van der Waals surface area contributed by atoms with Crippen LogP contribution in [0.1, 0.15) is 36.2 Å². The lowest BCUT2D eigenvalue weighted by atomic mass is 9.78. The number of carbonyl (C=O) groups excluding carboxylic acids is 2. The molecule has 25 heavy (non-hydrogen) atoms. The first-order valence-electron chi connectivity index (χ1n) is 7.85. The van der Waals surface area contributed by atoms with E-state index in [1.54, 1.807) is 7.05 Å². The summed E-state index contributed by atoms with van der Waals surface area (Å²) in [6, 6.07) is 0. The summed E-state index contributed by atoms with van der Waals surface area (Å²) < 4.78 is 38.5. The number of alkyl halides is 3. The number of halogens is 3. The summed E-state index contributed by atoms with van der Waals surface area (Å²) >= 11 is 0. The van der Waals surface area contributed by atoms with Crippen LogP contribution in [0.2, 0.25) is 0 Å². The van der Waals surface area contributed by atoms with Crippen LogP contribution in [-0.2, 0) is 4.79 Å². The second-order valence-electron chi connectivity index (χ2n) is 6.48. The molecular weight excluding hydrogens is 341 g/mol. The number of hydrogen-bond acceptors (Lipinski definition) is 4. The Morgan fingerprint density at radius 2 is 2.04 bits per heavy atom. The number of nitrogens with zero attached hydrogens (tertiary/aromatic N) is 3. The van der Waals surface area contributed by atoms with E-state index in [1.165, 1.54) is 18.3 Å². The lowest BCUT2D eigenvalue weighted by molar-refractivity contribution is -0.272. The van der Waals surface area contributed by atoms with Crippen molar-refractivity contribution in [2.24, 2.45) is 5.92 Å². The Kier molecular flexibility index (Phi) is 5.40. The summed E-state index contributed by atoms with van der Waals surface area (Å²) in [5.74, 6) is -0.355. The molecule has 1 heterocycles. The summed E-state index contributed by atoms with van der Waals surface area (Å²) in [4.78, 5) is 32.5. The van der Waals surface area contributed by atoms with Gasteiger partial charge in [0.25, 0.3) is 5.91 Å². The molecule has 0 atom stereocenters. The molecule has 0 radical (unpaired) electrons. The van der Waals surface area contributed by atoms with Crippen molar-refractivity contribution < 1.29 is 27.9 Å². The molecule has 0 aliphatic heterocycles. The summed E-state index contributed by atoms with van der Waals surface area (Å²) in [7, 11) is 3.00. The molecule has 7 nitrogen and oxygen atoms in total. The lowest BCUT2D eigenvalue weighted by Crippen LogP contribution is -2.48. The van der Waals surface area contributed by atoms with E-state index in [0.717, 1.165) is 4.90 Å². The van der Waals surface area contributed by atoms with E-state index in [-0.39, 0.29) is 49.7 Å². The third-order valence-electron chi connectivity index (χ3n) is 4.66. The van der Waals surface area contributed by atoms with Gasteiger partial charge in [-0.25, -0.2) is 4.98 Å². The fraction of sp³-hybridized carbons (Fsp3) is 0.667. The summed E-state index contributed by atoms with van der Waals surface area (Å²) in [5.41, 5.74) is -2.49. The van der Waals surface area contributed by atoms with Gasteiger partial charge in [0.15, 0.2) is 11.4 Å². The first kappa shape index (κ1) is 19.2. The van der Waals surface area contributed by atoms with Crippen LogP contribution in [0.15, 0.2) is 6.33 Å². The minimum Gasteiger partial charge on any atom is -0.380 e. The maximum atomic E-state index is 12.8. The van der Waals surface area contributed by atoms with Crippen LogP contribution in [0.25, 0.3) is 0 Å². The van der Waals surface area contributed by atoms with Gasteiger partial charge in [0.2, 0.25) is 6.41 Å². The number of amides is 2. The van der Waals surface area contributed by atoms with E-state index in [0.29, 0.717) is 6.41 Å². The van der Waals surface area contributed by atoms with E-state index in [1.807, 2.05) is 0 Å². The fourth-order valence-corrected chi connectivity index (χ4v) is 3.04. The first-order chi connectivity index (χ1) is 11.6. The van der Waals surface area contributed by atoms with Gasteiger partial charge in [-0.15, -0.1) is 0 Å². The molecule has 2 N–H and O–H groups in total. The molecule has 2 amide bonds. The third-order valence-corrected chi connectivity index (χ3v) is 4.66. The molecule has 1 aliphatic carbocycles. The molecule has 0 spiro atoms. The minimum absolute atomic E-state index is 0.133. The zero-order chi connectivity index (χ0) is 18.8. The molecule has 1 saturated carbocycles. The van der Waals surface area contributed by atoms with Crippen molar-refractivity contribution in [2.45, 2.75) is 37.5 Å². The third kappa shape index (κ3) is 3.94. The second-order valence-corrected chi connectivity index (χ2v) is 6.48. The molecule has 0 unspecified atom stereocenters. The van der Waals surface area contributed by atoms with Crippen molar-refractivity contribution in [2.75, 3.05) is 25.5 Å². The number of H-pyrrole nitrogens is 1. The fourth-order valence-electron chi connectivity index (χ4n) is 3.04. The Morgan fingerprint density at radius 1 is 1.44 bits per heavy atom. The van der Waals surface area contributed by atoms with Crippen molar-refractivity contribution in [3.63, 3.8) is 0 Å². The molecule has 1 aliphatic rings. The standard InChI is InChI=1S/C15H21F3N4O3/c1-21(13(24)11-12(20-8-19-11)22(2)9-23)7-10-3-5-14(25,6-4-10)15(16,17)18/h8-10,25H,3-7H2,1-2H3,(H,19,20). The molecule has 0 aromatic carbocycles. The number of aromatic amines is 1. The van der Waals surface area contributed by atoms with Crippen molar-refractivity contribution in [1.29, 1.82) is 0 Å². The number of rotatable bonds is 5. The zero-order valence-corrected chi connectivity index (χ0v) is 14.0. The van der Waals surface area contributed by atoms with Crippen LogP contribution >= 0.6 is 0 Å². The van der Waals surface area contributed by atoms with Crippen LogP contribution in [0.4, 0.5) is 19.0 Å². The van der Waals surface area contributed by atoms with E-state index in [2.05, 4.69) is 9.97 Å². The Hall–Kier alpha value is -2.10. The van der Waals surface area contributed by atoms with Crippen LogP contribution in [-0.4, -0.2) is 64.7 Å². The summed E-state index contributed by atoms with van der Waals surface area (Å²) in [6.07, 6.45) is -3.20. The summed E-state index contributed by atoms with van der Waals surface area (Å²) in [5, 5.41) is 9.69. The minimum atomic E-state index is -4.63. The molecule has 140 valence electrons. The summed E-state index contributed by atoms with van der Waals surface area (Å²) in [6.45, 7) is 0.260. The average Bonchev–Trinajstić information content (AvgIpc) is 3.04. The van der Waals surface area contributed by atoms with E-state index >= 15 is 0 Å². The molecule has 1 aromatic rings. The number of imidazole rings is 1. The largest absolute Gasteiger partial charge is 0.417 e. The Bertz CT molecular complexity index is 624. The molecule has 2 rings (SSSR count). The Balaban J connectivity index is 1.97. The number of anilines is 1. The normalized spacial score (nSPS) is 24.0. The van der Waals surface area contributed by atoms with Crippen LogP contribution in [0, 0.1) is 5.92 Å². The average molecular weight is 362 g/mol. The van der Waals surface area contributed by atoms with Gasteiger partial charge in [-0.3, -0.25) is 9.59 Å². The Labute approximate surface area is 142 Å². The molecule has 1 fully saturated rings. The lowest BCUT2D eigenvalue weighted by Gasteiger charge is -2.38. The van der Waals surface area contributed by atoms with Gasteiger partial charge in [-0.1, -0.05) is 0 Å². The van der Waals surface area contributed by atoms with Crippen molar-refractivity contribution in [3.8, 4) is 0 Å². The van der Waals surface area contributed by atoms with Crippen LogP contribution < -0.4 is 4.90 Å². The van der Waals surface area contributed by atoms with Crippen LogP contribution in [0.3, 0.4) is 0 Å². The maximum absolute atomic E-state index is 12.8. The van der Waals surface area contributed by atoms with E-state index < -0.39 is 17.7 Å². The van der Waals surface area contributed by atoms with E-state index in [4.69, 9.17) is 0 Å². The van der Waals surface area contributed by atoms with Crippen LogP contribution in [0.5, 0.6) is 0 Å². The topological polar surface area (TPSA) is 89.5 Å².